The average Bonchev–Trinajstić information content (AvgIpc) is 3.01. The molecule has 1 aromatic heterocycles. The molecule has 10 heteroatoms. The van der Waals surface area contributed by atoms with E-state index in [0.29, 0.717) is 11.1 Å². The summed E-state index contributed by atoms with van der Waals surface area (Å²) in [4.78, 5) is 12.9. The summed E-state index contributed by atoms with van der Waals surface area (Å²) >= 11 is 1.08. The normalized spacial score (nSPS) is 17.9. The highest BCUT2D eigenvalue weighted by Gasteiger charge is 2.40. The molecule has 4 N–H and O–H groups in total. The van der Waals surface area contributed by atoms with Gasteiger partial charge in [0, 0.05) is 11.4 Å². The Morgan fingerprint density at radius 3 is 2.44 bits per heavy atom. The van der Waals surface area contributed by atoms with Gasteiger partial charge >= 0.3 is 0 Å². The highest BCUT2D eigenvalue weighted by Crippen LogP contribution is 2.36. The number of hydrogen-bond acceptors (Lipinski definition) is 7. The maximum Gasteiger partial charge on any atom is 0.262 e. The van der Waals surface area contributed by atoms with E-state index in [2.05, 4.69) is 0 Å². The number of aromatic hydroxyl groups is 2. The number of rotatable bonds is 3. The van der Waals surface area contributed by atoms with Crippen molar-refractivity contribution in [2.45, 2.75) is 30.1 Å². The van der Waals surface area contributed by atoms with E-state index in [0.717, 1.165) is 20.5 Å². The number of amides is 1. The van der Waals surface area contributed by atoms with E-state index in [1.165, 1.54) is 23.7 Å². The zero-order valence-electron chi connectivity index (χ0n) is 13.1. The molecule has 0 bridgehead atoms. The van der Waals surface area contributed by atoms with Crippen molar-refractivity contribution in [2.24, 2.45) is 0 Å². The zero-order valence-corrected chi connectivity index (χ0v) is 14.8. The largest absolute Gasteiger partial charge is 0.504 e. The maximum atomic E-state index is 13.0. The van der Waals surface area contributed by atoms with Crippen LogP contribution in [0.25, 0.3) is 0 Å². The molecule has 0 unspecified atom stereocenters. The molecule has 1 aliphatic heterocycles. The second-order valence-electron chi connectivity index (χ2n) is 5.72. The Labute approximate surface area is 148 Å². The third-order valence-electron chi connectivity index (χ3n) is 4.08. The van der Waals surface area contributed by atoms with Gasteiger partial charge in [-0.15, -0.1) is 11.3 Å². The molecule has 0 saturated carbocycles. The third kappa shape index (κ3) is 3.09. The maximum absolute atomic E-state index is 13.0. The van der Waals surface area contributed by atoms with Crippen molar-refractivity contribution in [1.29, 1.82) is 0 Å². The van der Waals surface area contributed by atoms with Crippen LogP contribution < -0.4 is 5.48 Å². The predicted octanol–water partition coefficient (Wildman–Crippen LogP) is 1.09. The van der Waals surface area contributed by atoms with Crippen molar-refractivity contribution >= 4 is 27.3 Å². The number of fused-ring (bicyclic) bond motifs is 1. The minimum atomic E-state index is -3.98. The summed E-state index contributed by atoms with van der Waals surface area (Å²) in [5, 5.41) is 28.3. The summed E-state index contributed by atoms with van der Waals surface area (Å²) < 4.78 is 27.0. The van der Waals surface area contributed by atoms with Gasteiger partial charge in [-0.3, -0.25) is 10.0 Å². The molecule has 25 heavy (non-hydrogen) atoms. The fourth-order valence-corrected chi connectivity index (χ4v) is 5.78. The van der Waals surface area contributed by atoms with Gasteiger partial charge in [-0.05, 0) is 48.7 Å². The molecular formula is C15H16N2O6S2. The highest BCUT2D eigenvalue weighted by molar-refractivity contribution is 7.91. The summed E-state index contributed by atoms with van der Waals surface area (Å²) in [6, 6.07) is 4.53. The van der Waals surface area contributed by atoms with Crippen LogP contribution in [0.3, 0.4) is 0 Å². The van der Waals surface area contributed by atoms with E-state index in [-0.39, 0.29) is 28.7 Å². The summed E-state index contributed by atoms with van der Waals surface area (Å²) in [6.45, 7) is 1.61. The number of nitrogens with zero attached hydrogens (tertiary/aromatic N) is 1. The first-order valence-electron chi connectivity index (χ1n) is 7.30. The first-order valence-corrected chi connectivity index (χ1v) is 9.55. The smallest absolute Gasteiger partial charge is 0.262 e. The highest BCUT2D eigenvalue weighted by atomic mass is 32.2. The van der Waals surface area contributed by atoms with Crippen molar-refractivity contribution in [1.82, 2.24) is 9.79 Å². The lowest BCUT2D eigenvalue weighted by molar-refractivity contribution is -0.133. The summed E-state index contributed by atoms with van der Waals surface area (Å²) in [6.07, 6.45) is -0.0425. The number of benzene rings is 1. The second kappa shape index (κ2) is 6.30. The molecule has 8 nitrogen and oxygen atoms in total. The lowest BCUT2D eigenvalue weighted by Crippen LogP contribution is -2.51. The van der Waals surface area contributed by atoms with Gasteiger partial charge in [0.25, 0.3) is 15.9 Å². The summed E-state index contributed by atoms with van der Waals surface area (Å²) in [5.74, 6) is -1.59. The number of hydroxylamine groups is 1. The van der Waals surface area contributed by atoms with Gasteiger partial charge in [0.2, 0.25) is 0 Å². The monoisotopic (exact) mass is 384 g/mol. The Morgan fingerprint density at radius 2 is 1.88 bits per heavy atom. The van der Waals surface area contributed by atoms with Crippen LogP contribution in [0.5, 0.6) is 11.5 Å². The van der Waals surface area contributed by atoms with Crippen LogP contribution in [-0.4, -0.2) is 40.1 Å². The number of hydrogen-bond donors (Lipinski definition) is 4. The standard InChI is InChI=1S/C15H16N2O6S2/c1-8-2-3-14(24-8)25(22,23)17-7-10-6-13(19)12(18)5-9(10)4-11(17)15(20)16-21/h2-3,5-6,11,18-19,21H,4,7H2,1H3,(H,16,20)/t11-/m1/s1. The lowest BCUT2D eigenvalue weighted by atomic mass is 9.95. The Balaban J connectivity index is 2.09. The number of nitrogens with one attached hydrogen (secondary N) is 1. The van der Waals surface area contributed by atoms with Crippen molar-refractivity contribution in [2.75, 3.05) is 0 Å². The van der Waals surface area contributed by atoms with Crippen LogP contribution in [0.4, 0.5) is 0 Å². The number of sulfonamides is 1. The second-order valence-corrected chi connectivity index (χ2v) is 9.13. The van der Waals surface area contributed by atoms with Gasteiger partial charge in [-0.25, -0.2) is 13.9 Å². The predicted molar refractivity (Wildman–Crippen MR) is 89.0 cm³/mol. The van der Waals surface area contributed by atoms with Gasteiger partial charge in [-0.2, -0.15) is 4.31 Å². The van der Waals surface area contributed by atoms with E-state index in [9.17, 15) is 23.4 Å². The van der Waals surface area contributed by atoms with E-state index in [1.54, 1.807) is 13.0 Å². The molecule has 1 aliphatic rings. The van der Waals surface area contributed by atoms with E-state index in [4.69, 9.17) is 5.21 Å². The fourth-order valence-electron chi connectivity index (χ4n) is 2.81. The lowest BCUT2D eigenvalue weighted by Gasteiger charge is -2.34. The zero-order chi connectivity index (χ0) is 18.4. The SMILES string of the molecule is Cc1ccc(S(=O)(=O)N2Cc3cc(O)c(O)cc3C[C@@H]2C(=O)NO)s1. The molecule has 0 saturated heterocycles. The van der Waals surface area contributed by atoms with Crippen molar-refractivity contribution in [3.63, 3.8) is 0 Å². The Hall–Kier alpha value is -2.14. The van der Waals surface area contributed by atoms with Crippen LogP contribution in [0.1, 0.15) is 16.0 Å². The summed E-state index contributed by atoms with van der Waals surface area (Å²) in [5.41, 5.74) is 2.50. The van der Waals surface area contributed by atoms with E-state index < -0.39 is 22.0 Å². The number of carbonyl (C=O) groups excluding carboxylic acids is 1. The van der Waals surface area contributed by atoms with E-state index >= 15 is 0 Å². The van der Waals surface area contributed by atoms with Gasteiger partial charge in [0.05, 0.1) is 0 Å². The van der Waals surface area contributed by atoms with Crippen molar-refractivity contribution in [3.05, 3.63) is 40.3 Å². The molecule has 1 aromatic carbocycles. The average molecular weight is 384 g/mol. The molecule has 3 rings (SSSR count). The molecule has 1 amide bonds. The molecule has 2 heterocycles. The van der Waals surface area contributed by atoms with E-state index in [1.807, 2.05) is 0 Å². The minimum absolute atomic E-state index is 0.0425. The van der Waals surface area contributed by atoms with Crippen molar-refractivity contribution < 1.29 is 28.6 Å². The van der Waals surface area contributed by atoms with Crippen molar-refractivity contribution in [3.8, 4) is 11.5 Å². The molecule has 0 radical (unpaired) electrons. The fraction of sp³-hybridized carbons (Fsp3) is 0.267. The number of phenols is 2. The van der Waals surface area contributed by atoms with Gasteiger partial charge in [0.1, 0.15) is 10.3 Å². The molecule has 134 valence electrons. The molecule has 0 fully saturated rings. The first kappa shape index (κ1) is 17.7. The molecule has 2 aromatic rings. The topological polar surface area (TPSA) is 127 Å². The molecular weight excluding hydrogens is 368 g/mol. The van der Waals surface area contributed by atoms with Crippen LogP contribution in [0, 0.1) is 6.92 Å². The van der Waals surface area contributed by atoms with Gasteiger partial charge in [-0.1, -0.05) is 0 Å². The minimum Gasteiger partial charge on any atom is -0.504 e. The number of aryl methyl sites for hydroxylation is 1. The quantitative estimate of drug-likeness (QED) is 0.356. The van der Waals surface area contributed by atoms with Crippen LogP contribution in [0.2, 0.25) is 0 Å². The van der Waals surface area contributed by atoms with Crippen LogP contribution in [0.15, 0.2) is 28.5 Å². The van der Waals surface area contributed by atoms with Gasteiger partial charge in [0.15, 0.2) is 11.5 Å². The molecule has 0 spiro atoms. The molecule has 1 atom stereocenters. The number of thiophene rings is 1. The molecule has 0 aliphatic carbocycles. The Bertz CT molecular complexity index is 937. The summed E-state index contributed by atoms with van der Waals surface area (Å²) in [7, 11) is -3.98. The third-order valence-corrected chi connectivity index (χ3v) is 7.40. The number of phenolic OH excluding ortho intramolecular Hbond substituents is 2. The first-order chi connectivity index (χ1) is 11.7. The Kier molecular flexibility index (Phi) is 4.45. The van der Waals surface area contributed by atoms with Crippen LogP contribution >= 0.6 is 11.3 Å². The number of carbonyl (C=O) groups is 1. The van der Waals surface area contributed by atoms with Crippen LogP contribution in [-0.2, 0) is 27.8 Å². The van der Waals surface area contributed by atoms with Gasteiger partial charge < -0.3 is 10.2 Å². The Morgan fingerprint density at radius 1 is 1.24 bits per heavy atom.